The summed E-state index contributed by atoms with van der Waals surface area (Å²) in [7, 11) is 7.28. The predicted molar refractivity (Wildman–Crippen MR) is 116 cm³/mol. The van der Waals surface area contributed by atoms with Crippen LogP contribution in [0.25, 0.3) is 0 Å². The van der Waals surface area contributed by atoms with E-state index in [-0.39, 0.29) is 23.1 Å². The van der Waals surface area contributed by atoms with Gasteiger partial charge in [-0.2, -0.15) is 0 Å². The molecule has 1 aromatic carbocycles. The highest BCUT2D eigenvalue weighted by Gasteiger charge is 2.41. The Kier molecular flexibility index (Phi) is 8.64. The van der Waals surface area contributed by atoms with Crippen LogP contribution in [0.4, 0.5) is 0 Å². The van der Waals surface area contributed by atoms with Crippen LogP contribution in [-0.4, -0.2) is 69.9 Å². The number of hydrogen-bond donors (Lipinski definition) is 2. The molecule has 1 aliphatic rings. The predicted octanol–water partition coefficient (Wildman–Crippen LogP) is 0.953. The van der Waals surface area contributed by atoms with E-state index in [2.05, 4.69) is 19.2 Å². The largest absolute Gasteiger partial charge is 0.493 e. The molecule has 1 fully saturated rings. The van der Waals surface area contributed by atoms with Crippen molar-refractivity contribution in [2.45, 2.75) is 31.7 Å². The smallest absolute Gasteiger partial charge is 0.243 e. The number of rotatable bonds is 10. The molecule has 0 aromatic heterocycles. The van der Waals surface area contributed by atoms with Crippen molar-refractivity contribution in [3.05, 3.63) is 23.8 Å². The Bertz CT molecular complexity index is 711. The molecule has 1 aliphatic heterocycles. The zero-order valence-corrected chi connectivity index (χ0v) is 19.1. The minimum Gasteiger partial charge on any atom is -0.493 e. The van der Waals surface area contributed by atoms with E-state index >= 15 is 0 Å². The zero-order valence-electron chi connectivity index (χ0n) is 18.3. The number of carbonyl (C=O) groups is 2. The number of carbonyl (C=O) groups excluding carboxylic acids is 2. The molecule has 1 heterocycles. The van der Waals surface area contributed by atoms with Crippen LogP contribution in [0.1, 0.15) is 31.2 Å². The fourth-order valence-electron chi connectivity index (χ4n) is 3.38. The van der Waals surface area contributed by atoms with Gasteiger partial charge in [0.25, 0.3) is 0 Å². The Morgan fingerprint density at radius 2 is 1.97 bits per heavy atom. The Labute approximate surface area is 178 Å². The van der Waals surface area contributed by atoms with Crippen molar-refractivity contribution >= 4 is 23.6 Å². The first-order chi connectivity index (χ1) is 13.8. The molecule has 1 aromatic rings. The van der Waals surface area contributed by atoms with E-state index in [0.717, 1.165) is 12.1 Å². The molecule has 0 saturated carbocycles. The number of quaternary nitrogens is 1. The number of methoxy groups -OCH3 is 2. The summed E-state index contributed by atoms with van der Waals surface area (Å²) in [5.74, 6) is 1.82. The monoisotopic (exact) mass is 424 g/mol. The maximum atomic E-state index is 13.0. The minimum atomic E-state index is -0.493. The second kappa shape index (κ2) is 10.7. The van der Waals surface area contributed by atoms with Crippen molar-refractivity contribution in [1.29, 1.82) is 0 Å². The van der Waals surface area contributed by atoms with Crippen LogP contribution in [0.5, 0.6) is 11.5 Å². The van der Waals surface area contributed by atoms with Gasteiger partial charge in [0.1, 0.15) is 11.4 Å². The van der Waals surface area contributed by atoms with Gasteiger partial charge in [-0.3, -0.25) is 9.59 Å². The summed E-state index contributed by atoms with van der Waals surface area (Å²) in [6.45, 7) is 5.57. The average molecular weight is 425 g/mol. The summed E-state index contributed by atoms with van der Waals surface area (Å²) in [4.78, 5) is 28.9. The second-order valence-electron chi connectivity index (χ2n) is 7.97. The number of hydrogen-bond acceptors (Lipinski definition) is 5. The van der Waals surface area contributed by atoms with Gasteiger partial charge in [0.05, 0.1) is 47.2 Å². The third-order valence-electron chi connectivity index (χ3n) is 4.86. The van der Waals surface area contributed by atoms with E-state index in [1.165, 1.54) is 4.90 Å². The quantitative estimate of drug-likeness (QED) is 0.585. The fraction of sp³-hybridized carbons (Fsp3) is 0.619. The topological polar surface area (TPSA) is 72.3 Å². The van der Waals surface area contributed by atoms with Crippen LogP contribution in [0.3, 0.4) is 0 Å². The maximum Gasteiger partial charge on any atom is 0.243 e. The molecule has 162 valence electrons. The SMILES string of the molecule is COc1ccc([C@@H]2SCC(=O)N2[C@@H](CC(C)C)C(=O)NCC[NH+](C)C)cc1OC. The average Bonchev–Trinajstić information content (AvgIpc) is 3.06. The molecule has 0 bridgehead atoms. The van der Waals surface area contributed by atoms with Gasteiger partial charge in [-0.1, -0.05) is 19.9 Å². The van der Waals surface area contributed by atoms with Crippen molar-refractivity contribution in [3.8, 4) is 11.5 Å². The molecule has 29 heavy (non-hydrogen) atoms. The van der Waals surface area contributed by atoms with Crippen molar-refractivity contribution in [2.24, 2.45) is 5.92 Å². The first-order valence-electron chi connectivity index (χ1n) is 9.99. The molecular formula is C21H34N3O4S+. The van der Waals surface area contributed by atoms with Gasteiger partial charge < -0.3 is 24.6 Å². The molecule has 2 amide bonds. The Morgan fingerprint density at radius 3 is 2.55 bits per heavy atom. The van der Waals surface area contributed by atoms with Crippen LogP contribution < -0.4 is 19.7 Å². The third kappa shape index (κ3) is 6.02. The highest BCUT2D eigenvalue weighted by atomic mass is 32.2. The summed E-state index contributed by atoms with van der Waals surface area (Å²) < 4.78 is 10.8. The van der Waals surface area contributed by atoms with E-state index in [9.17, 15) is 9.59 Å². The van der Waals surface area contributed by atoms with Gasteiger partial charge in [0, 0.05) is 0 Å². The number of nitrogens with zero attached hydrogens (tertiary/aromatic N) is 1. The number of amides is 2. The standard InChI is InChI=1S/C21H33N3O4S/c1-14(2)11-16(20(26)22-9-10-23(3)4)24-19(25)13-29-21(24)15-7-8-17(27-5)18(12-15)28-6/h7-8,12,14,16,21H,9-11,13H2,1-6H3,(H,22,26)/p+1/t16-,21-/m0/s1. The molecule has 2 atom stereocenters. The molecule has 7 nitrogen and oxygen atoms in total. The fourth-order valence-corrected chi connectivity index (χ4v) is 4.60. The van der Waals surface area contributed by atoms with Crippen LogP contribution in [0.15, 0.2) is 18.2 Å². The van der Waals surface area contributed by atoms with Crippen molar-refractivity contribution in [2.75, 3.05) is 47.2 Å². The summed E-state index contributed by atoms with van der Waals surface area (Å²) in [5, 5.41) is 2.80. The Hall–Kier alpha value is -1.93. The van der Waals surface area contributed by atoms with E-state index < -0.39 is 6.04 Å². The molecule has 0 radical (unpaired) electrons. The molecular weight excluding hydrogens is 390 g/mol. The lowest BCUT2D eigenvalue weighted by atomic mass is 10.0. The maximum absolute atomic E-state index is 13.0. The highest BCUT2D eigenvalue weighted by Crippen LogP contribution is 2.43. The number of thioether (sulfide) groups is 1. The van der Waals surface area contributed by atoms with Crippen LogP contribution >= 0.6 is 11.8 Å². The molecule has 0 spiro atoms. The van der Waals surface area contributed by atoms with Crippen molar-refractivity contribution in [3.63, 3.8) is 0 Å². The number of ether oxygens (including phenoxy) is 2. The van der Waals surface area contributed by atoms with Crippen LogP contribution in [0, 0.1) is 5.92 Å². The molecule has 2 rings (SSSR count). The third-order valence-corrected chi connectivity index (χ3v) is 6.08. The van der Waals surface area contributed by atoms with Crippen molar-refractivity contribution in [1.82, 2.24) is 10.2 Å². The van der Waals surface area contributed by atoms with E-state index in [4.69, 9.17) is 9.47 Å². The van der Waals surface area contributed by atoms with Crippen LogP contribution in [-0.2, 0) is 9.59 Å². The summed E-state index contributed by atoms with van der Waals surface area (Å²) in [6.07, 6.45) is 0.622. The van der Waals surface area contributed by atoms with Crippen molar-refractivity contribution < 1.29 is 24.0 Å². The lowest BCUT2D eigenvalue weighted by molar-refractivity contribution is -0.856. The molecule has 2 N–H and O–H groups in total. The van der Waals surface area contributed by atoms with Gasteiger partial charge in [0.15, 0.2) is 11.5 Å². The molecule has 0 aliphatic carbocycles. The summed E-state index contributed by atoms with van der Waals surface area (Å²) in [5.41, 5.74) is 0.929. The highest BCUT2D eigenvalue weighted by molar-refractivity contribution is 8.00. The summed E-state index contributed by atoms with van der Waals surface area (Å²) >= 11 is 1.54. The van der Waals surface area contributed by atoms with Gasteiger partial charge >= 0.3 is 0 Å². The lowest BCUT2D eigenvalue weighted by Gasteiger charge is -2.33. The Morgan fingerprint density at radius 1 is 1.28 bits per heavy atom. The van der Waals surface area contributed by atoms with E-state index in [0.29, 0.717) is 30.2 Å². The van der Waals surface area contributed by atoms with Gasteiger partial charge in [-0.15, -0.1) is 11.8 Å². The molecule has 8 heteroatoms. The summed E-state index contributed by atoms with van der Waals surface area (Å²) in [6, 6.07) is 5.17. The number of likely N-dealkylation sites (N-methyl/N-ethyl adjacent to an activating group) is 1. The first-order valence-corrected chi connectivity index (χ1v) is 11.0. The lowest BCUT2D eigenvalue weighted by Crippen LogP contribution is -3.06. The van der Waals surface area contributed by atoms with Gasteiger partial charge in [0.2, 0.25) is 11.8 Å². The molecule has 0 unspecified atom stereocenters. The number of benzene rings is 1. The van der Waals surface area contributed by atoms with E-state index in [1.54, 1.807) is 30.9 Å². The van der Waals surface area contributed by atoms with Gasteiger partial charge in [-0.05, 0) is 30.0 Å². The van der Waals surface area contributed by atoms with Gasteiger partial charge in [-0.25, -0.2) is 0 Å². The first kappa shape index (κ1) is 23.3. The minimum absolute atomic E-state index is 0.00572. The Balaban J connectivity index is 2.29. The zero-order chi connectivity index (χ0) is 21.6. The normalized spacial score (nSPS) is 17.7. The molecule has 1 saturated heterocycles. The van der Waals surface area contributed by atoms with E-state index in [1.807, 2.05) is 32.3 Å². The van der Waals surface area contributed by atoms with Crippen LogP contribution in [0.2, 0.25) is 0 Å². The second-order valence-corrected chi connectivity index (χ2v) is 9.04. The number of nitrogens with one attached hydrogen (secondary N) is 2.